The zero-order valence-electron chi connectivity index (χ0n) is 32.1. The number of halogens is 6. The summed E-state index contributed by atoms with van der Waals surface area (Å²) in [5.74, 6) is -3.00. The molecule has 0 atom stereocenters. The molecule has 318 valence electrons. The number of carbonyl (C=O) groups is 4. The van der Waals surface area contributed by atoms with Crippen molar-refractivity contribution in [2.75, 3.05) is 13.2 Å². The van der Waals surface area contributed by atoms with Gasteiger partial charge in [-0.1, -0.05) is 53.5 Å². The van der Waals surface area contributed by atoms with Gasteiger partial charge in [0.05, 0.1) is 24.1 Å². The number of hydrogen-bond acceptors (Lipinski definition) is 9. The second-order valence-corrected chi connectivity index (χ2v) is 21.2. The van der Waals surface area contributed by atoms with Gasteiger partial charge in [-0.3, -0.25) is 9.59 Å². The molecule has 0 heterocycles. The van der Waals surface area contributed by atoms with Crippen LogP contribution in [0.5, 0.6) is 0 Å². The van der Waals surface area contributed by atoms with Crippen LogP contribution in [0.1, 0.15) is 34.6 Å². The number of ether oxygens (including phenoxy) is 2. The molecule has 0 aromatic heterocycles. The van der Waals surface area contributed by atoms with Gasteiger partial charge in [0.1, 0.15) is 0 Å². The second kappa shape index (κ2) is 22.5. The van der Waals surface area contributed by atoms with E-state index in [2.05, 4.69) is 84.9 Å². The van der Waals surface area contributed by atoms with Crippen molar-refractivity contribution in [3.05, 3.63) is 163 Å². The van der Waals surface area contributed by atoms with Crippen LogP contribution in [0.15, 0.2) is 196 Å². The van der Waals surface area contributed by atoms with Crippen molar-refractivity contribution in [3.63, 3.8) is 0 Å². The molecular weight excluding hydrogens is 988 g/mol. The van der Waals surface area contributed by atoms with Crippen LogP contribution in [0.3, 0.4) is 0 Å². The topological polar surface area (TPSA) is 86.7 Å². The van der Waals surface area contributed by atoms with E-state index in [1.807, 2.05) is 42.5 Å². The first-order valence-electron chi connectivity index (χ1n) is 17.9. The number of esters is 2. The second-order valence-electron chi connectivity index (χ2n) is 12.1. The fourth-order valence-electron chi connectivity index (χ4n) is 5.21. The zero-order chi connectivity index (χ0) is 43.3. The van der Waals surface area contributed by atoms with Gasteiger partial charge in [0, 0.05) is 40.5 Å². The number of rotatable bonds is 15. The van der Waals surface area contributed by atoms with Crippen LogP contribution in [-0.2, 0) is 30.0 Å². The van der Waals surface area contributed by atoms with Gasteiger partial charge in [-0.15, -0.1) is 0 Å². The maximum absolute atomic E-state index is 12.3. The van der Waals surface area contributed by atoms with E-state index in [1.165, 1.54) is 19.6 Å². The monoisotopic (exact) mass is 1020 g/mol. The number of Topliss-reactive ketones (excluding diaryl/α,β-unsaturated/α-hetero) is 2. The maximum atomic E-state index is 12.3. The van der Waals surface area contributed by atoms with Crippen LogP contribution >= 0.6 is 35.3 Å². The van der Waals surface area contributed by atoms with E-state index in [0.29, 0.717) is 11.1 Å². The number of ketones is 2. The summed E-state index contributed by atoms with van der Waals surface area (Å²) in [6, 6.07) is 50.1. The van der Waals surface area contributed by atoms with Gasteiger partial charge < -0.3 is 14.2 Å². The quantitative estimate of drug-likeness (QED) is 0.0250. The molecule has 0 aliphatic heterocycles. The molecule has 0 saturated heterocycles. The molecule has 6 nitrogen and oxygen atoms in total. The Bertz CT molecular complexity index is 2260. The predicted octanol–water partition coefficient (Wildman–Crippen LogP) is 9.45. The molecule has 0 spiro atoms. The summed E-state index contributed by atoms with van der Waals surface area (Å²) in [7, 11) is -0.399. The summed E-state index contributed by atoms with van der Waals surface area (Å²) in [6.45, 7) is 3.65. The third-order valence-electron chi connectivity index (χ3n) is 7.78. The van der Waals surface area contributed by atoms with Gasteiger partial charge in [-0.05, 0) is 147 Å². The average Bonchev–Trinajstić information content (AvgIpc) is 3.22. The predicted molar refractivity (Wildman–Crippen MR) is 226 cm³/mol. The Hall–Kier alpha value is -4.60. The molecule has 0 saturated carbocycles. The molecule has 0 bridgehead atoms. The van der Waals surface area contributed by atoms with E-state index in [0.717, 1.165) is 24.5 Å². The van der Waals surface area contributed by atoms with E-state index in [9.17, 15) is 33.2 Å². The summed E-state index contributed by atoms with van der Waals surface area (Å²) in [6.07, 6.45) is 0. The molecule has 0 N–H and O–H groups in total. The first-order valence-corrected chi connectivity index (χ1v) is 26.4. The van der Waals surface area contributed by atoms with Gasteiger partial charge in [0.25, 0.3) is 11.6 Å². The molecule has 6 rings (SSSR count). The zero-order valence-corrected chi connectivity index (χ0v) is 38.0. The van der Waals surface area contributed by atoms with Crippen LogP contribution in [0.2, 0.25) is 0 Å². The van der Waals surface area contributed by atoms with Crippen LogP contribution in [0.4, 0.5) is 14.1 Å². The van der Waals surface area contributed by atoms with E-state index in [1.54, 1.807) is 73.4 Å². The summed E-state index contributed by atoms with van der Waals surface area (Å²) < 4.78 is 59.2. The number of benzene rings is 6. The Balaban J connectivity index is 0.00000109. The minimum absolute atomic E-state index is 0. The van der Waals surface area contributed by atoms with Crippen molar-refractivity contribution in [1.82, 2.24) is 0 Å². The fraction of sp³-hybridized carbons (Fsp3) is 0.0909. The first-order chi connectivity index (χ1) is 28.5. The van der Waals surface area contributed by atoms with Crippen molar-refractivity contribution in [3.8, 4) is 0 Å². The number of carbonyl (C=O) groups excluding carboxylic acids is 4. The molecule has 0 radical (unpaired) electrons. The Morgan fingerprint density at radius 1 is 0.443 bits per heavy atom. The molecule has 0 aliphatic carbocycles. The third-order valence-corrected chi connectivity index (χ3v) is 13.1. The Kier molecular flexibility index (Phi) is 18.1. The van der Waals surface area contributed by atoms with Crippen LogP contribution < -0.4 is 4.70 Å². The van der Waals surface area contributed by atoms with E-state index < -0.39 is 54.7 Å². The van der Waals surface area contributed by atoms with Gasteiger partial charge >= 0.3 is 46.3 Å². The Labute approximate surface area is 368 Å². The fourth-order valence-corrected chi connectivity index (χ4v) is 9.73. The van der Waals surface area contributed by atoms with Crippen LogP contribution in [0, 0.1) is 0 Å². The van der Waals surface area contributed by atoms with Crippen LogP contribution in [-0.4, -0.2) is 57.0 Å². The molecule has 17 heteroatoms. The SMILES string of the molecule is CCOC(=O)C(=O)c1ccc(Sc2ccc([S+](c3ccc(Sc4ccccc4)cc3)c3ccc(Sc4ccc(C(=O)C(=O)OCC)cc4)cc3)cc2)cc1.[F-].[F][Sb]([F])([F])([F])[F]. The van der Waals surface area contributed by atoms with E-state index >= 15 is 0 Å². The summed E-state index contributed by atoms with van der Waals surface area (Å²) in [5, 5.41) is 0. The number of hydrogen-bond donors (Lipinski definition) is 0. The normalized spacial score (nSPS) is 11.5. The van der Waals surface area contributed by atoms with Crippen molar-refractivity contribution >= 4 is 90.0 Å². The minimum atomic E-state index is -9.19. The summed E-state index contributed by atoms with van der Waals surface area (Å²) in [4.78, 5) is 58.2. The summed E-state index contributed by atoms with van der Waals surface area (Å²) >= 11 is -4.30. The van der Waals surface area contributed by atoms with Crippen molar-refractivity contribution in [2.45, 2.75) is 57.9 Å². The Morgan fingerprint density at radius 2 is 0.689 bits per heavy atom. The molecule has 6 aromatic carbocycles. The van der Waals surface area contributed by atoms with Gasteiger partial charge in [-0.2, -0.15) is 0 Å². The summed E-state index contributed by atoms with van der Waals surface area (Å²) in [5.41, 5.74) is 0.602. The molecule has 0 aliphatic rings. The molecular formula is C44H35F6O6S4Sb. The van der Waals surface area contributed by atoms with E-state index in [-0.39, 0.29) is 17.9 Å². The molecule has 0 unspecified atom stereocenters. The first kappa shape index (κ1) is 49.1. The third kappa shape index (κ3) is 16.0. The Morgan fingerprint density at radius 3 is 0.951 bits per heavy atom. The molecule has 6 aromatic rings. The van der Waals surface area contributed by atoms with E-state index in [4.69, 9.17) is 9.47 Å². The van der Waals surface area contributed by atoms with Crippen molar-refractivity contribution < 1.29 is 47.4 Å². The molecule has 0 fully saturated rings. The van der Waals surface area contributed by atoms with Crippen molar-refractivity contribution in [2.24, 2.45) is 0 Å². The standard InChI is InChI=1S/C44H35O6S4.6FH.Sb/c1-3-49-43(47)41(45)30-10-14-33(15-11-30)52-36-20-26-39(27-21-36)54(38-24-18-35(19-25-38)51-32-8-6-5-7-9-32)40-28-22-37(23-29-40)53-34-16-12-31(13-17-34)42(46)44(48)50-4-2;;;;;;;/h5-29H,3-4H2,1-2H3;6*1H;/q+1;;;;;;;+5/p-6. The van der Waals surface area contributed by atoms with Crippen molar-refractivity contribution in [1.29, 1.82) is 0 Å². The van der Waals surface area contributed by atoms with Gasteiger partial charge in [0.2, 0.25) is 0 Å². The molecule has 0 amide bonds. The average molecular weight is 1020 g/mol. The van der Waals surface area contributed by atoms with Crippen LogP contribution in [0.25, 0.3) is 0 Å². The van der Waals surface area contributed by atoms with Gasteiger partial charge in [0.15, 0.2) is 14.7 Å². The van der Waals surface area contributed by atoms with Gasteiger partial charge in [-0.25, -0.2) is 9.59 Å². The molecule has 61 heavy (non-hydrogen) atoms.